The van der Waals surface area contributed by atoms with Gasteiger partial charge in [-0.25, -0.2) is 0 Å². The third kappa shape index (κ3) is 2.46. The Bertz CT molecular complexity index is 401. The molecule has 0 radical (unpaired) electrons. The molecule has 4 aliphatic carbocycles. The number of rotatable bonds is 4. The molecule has 1 aromatic carbocycles. The molecule has 0 atom stereocenters. The van der Waals surface area contributed by atoms with Crippen molar-refractivity contribution in [2.45, 2.75) is 49.8 Å². The maximum Gasteiger partial charge on any atom is 0.00719 e. The smallest absolute Gasteiger partial charge is 0.00719 e. The summed E-state index contributed by atoms with van der Waals surface area (Å²) in [6, 6.07) is 10.9. The fourth-order valence-corrected chi connectivity index (χ4v) is 6.62. The molecule has 1 aromatic rings. The van der Waals surface area contributed by atoms with Gasteiger partial charge in [0.1, 0.15) is 0 Å². The van der Waals surface area contributed by atoms with E-state index in [1.165, 1.54) is 17.1 Å². The van der Waals surface area contributed by atoms with Crippen LogP contribution in [0.5, 0.6) is 0 Å². The highest BCUT2D eigenvalue weighted by atomic mass is 32.2. The van der Waals surface area contributed by atoms with E-state index in [-0.39, 0.29) is 0 Å². The molecule has 1 heteroatoms. The Morgan fingerprint density at radius 2 is 1.47 bits per heavy atom. The van der Waals surface area contributed by atoms with Gasteiger partial charge in [-0.05, 0) is 86.0 Å². The molecular formula is C18H24S. The predicted molar refractivity (Wildman–Crippen MR) is 82.4 cm³/mol. The van der Waals surface area contributed by atoms with Crippen LogP contribution < -0.4 is 0 Å². The molecule has 4 aliphatic rings. The van der Waals surface area contributed by atoms with Crippen LogP contribution in [0.15, 0.2) is 35.2 Å². The molecule has 19 heavy (non-hydrogen) atoms. The highest BCUT2D eigenvalue weighted by Gasteiger charge is 2.50. The molecule has 4 fully saturated rings. The van der Waals surface area contributed by atoms with Crippen molar-refractivity contribution in [1.29, 1.82) is 0 Å². The zero-order valence-corrected chi connectivity index (χ0v) is 12.5. The second-order valence-corrected chi connectivity index (χ2v) is 8.50. The normalized spacial score (nSPS) is 39.7. The Labute approximate surface area is 121 Å². The van der Waals surface area contributed by atoms with E-state index in [0.717, 1.165) is 23.2 Å². The minimum absolute atomic E-state index is 0.760. The van der Waals surface area contributed by atoms with Crippen molar-refractivity contribution in [3.8, 4) is 0 Å². The van der Waals surface area contributed by atoms with Crippen LogP contribution in [0.4, 0.5) is 0 Å². The van der Waals surface area contributed by atoms with Crippen molar-refractivity contribution in [1.82, 2.24) is 0 Å². The number of thioether (sulfide) groups is 1. The molecule has 5 rings (SSSR count). The second-order valence-electron chi connectivity index (χ2n) is 7.33. The van der Waals surface area contributed by atoms with E-state index in [1.807, 2.05) is 0 Å². The molecule has 0 unspecified atom stereocenters. The van der Waals surface area contributed by atoms with Crippen molar-refractivity contribution >= 4 is 11.8 Å². The molecule has 102 valence electrons. The fourth-order valence-electron chi connectivity index (χ4n) is 5.50. The lowest BCUT2D eigenvalue weighted by molar-refractivity contribution is -0.0538. The first-order valence-corrected chi connectivity index (χ1v) is 8.98. The predicted octanol–water partition coefficient (Wildman–Crippen LogP) is 5.39. The monoisotopic (exact) mass is 272 g/mol. The van der Waals surface area contributed by atoms with Gasteiger partial charge in [0.15, 0.2) is 0 Å². The Balaban J connectivity index is 1.38. The SMILES string of the molecule is c1ccc(SCCC23CC4CC(CC(C4)C2)C3)cc1. The van der Waals surface area contributed by atoms with Gasteiger partial charge in [-0.2, -0.15) is 0 Å². The first-order valence-electron chi connectivity index (χ1n) is 7.99. The molecule has 0 spiro atoms. The lowest BCUT2D eigenvalue weighted by atomic mass is 9.49. The van der Waals surface area contributed by atoms with Crippen LogP contribution in [0, 0.1) is 23.2 Å². The summed E-state index contributed by atoms with van der Waals surface area (Å²) in [7, 11) is 0. The average Bonchev–Trinajstić information content (AvgIpc) is 2.38. The molecule has 0 nitrogen and oxygen atoms in total. The Morgan fingerprint density at radius 3 is 2.05 bits per heavy atom. The van der Waals surface area contributed by atoms with Crippen LogP contribution in [0.2, 0.25) is 0 Å². The number of hydrogen-bond donors (Lipinski definition) is 0. The number of hydrogen-bond acceptors (Lipinski definition) is 1. The Kier molecular flexibility index (Phi) is 3.14. The lowest BCUT2D eigenvalue weighted by Gasteiger charge is -2.57. The van der Waals surface area contributed by atoms with Crippen LogP contribution in [0.1, 0.15) is 44.9 Å². The second kappa shape index (κ2) is 4.84. The molecule has 4 saturated carbocycles. The van der Waals surface area contributed by atoms with Crippen molar-refractivity contribution in [3.05, 3.63) is 30.3 Å². The first-order chi connectivity index (χ1) is 9.31. The summed E-state index contributed by atoms with van der Waals surface area (Å²) in [5.41, 5.74) is 0.760. The third-order valence-electron chi connectivity index (χ3n) is 5.81. The molecule has 4 bridgehead atoms. The van der Waals surface area contributed by atoms with E-state index in [9.17, 15) is 0 Å². The van der Waals surface area contributed by atoms with Crippen molar-refractivity contribution in [2.75, 3.05) is 5.75 Å². The van der Waals surface area contributed by atoms with Crippen molar-refractivity contribution in [2.24, 2.45) is 23.2 Å². The van der Waals surface area contributed by atoms with E-state index < -0.39 is 0 Å². The van der Waals surface area contributed by atoms with E-state index in [4.69, 9.17) is 0 Å². The van der Waals surface area contributed by atoms with Crippen LogP contribution in [-0.2, 0) is 0 Å². The van der Waals surface area contributed by atoms with Gasteiger partial charge in [0.2, 0.25) is 0 Å². The highest BCUT2D eigenvalue weighted by Crippen LogP contribution is 2.61. The van der Waals surface area contributed by atoms with Crippen molar-refractivity contribution < 1.29 is 0 Å². The summed E-state index contributed by atoms with van der Waals surface area (Å²) in [6.07, 6.45) is 10.9. The van der Waals surface area contributed by atoms with Gasteiger partial charge in [0.25, 0.3) is 0 Å². The molecule has 0 aromatic heterocycles. The minimum Gasteiger partial charge on any atom is -0.126 e. The van der Waals surface area contributed by atoms with Gasteiger partial charge in [-0.3, -0.25) is 0 Å². The molecule has 0 saturated heterocycles. The van der Waals surface area contributed by atoms with Crippen LogP contribution in [0.3, 0.4) is 0 Å². The van der Waals surface area contributed by atoms with Gasteiger partial charge in [0, 0.05) is 4.90 Å². The van der Waals surface area contributed by atoms with Gasteiger partial charge in [0.05, 0.1) is 0 Å². The third-order valence-corrected chi connectivity index (χ3v) is 6.82. The summed E-state index contributed by atoms with van der Waals surface area (Å²) in [6.45, 7) is 0. The zero-order chi connectivity index (χ0) is 12.7. The zero-order valence-electron chi connectivity index (χ0n) is 11.7. The number of benzene rings is 1. The van der Waals surface area contributed by atoms with Crippen molar-refractivity contribution in [3.63, 3.8) is 0 Å². The summed E-state index contributed by atoms with van der Waals surface area (Å²) in [5, 5.41) is 0. The van der Waals surface area contributed by atoms with E-state index in [1.54, 1.807) is 38.5 Å². The summed E-state index contributed by atoms with van der Waals surface area (Å²) < 4.78 is 0. The topological polar surface area (TPSA) is 0 Å². The fraction of sp³-hybridized carbons (Fsp3) is 0.667. The lowest BCUT2D eigenvalue weighted by Crippen LogP contribution is -2.46. The van der Waals surface area contributed by atoms with Crippen LogP contribution >= 0.6 is 11.8 Å². The highest BCUT2D eigenvalue weighted by molar-refractivity contribution is 7.99. The van der Waals surface area contributed by atoms with Crippen LogP contribution in [0.25, 0.3) is 0 Å². The van der Waals surface area contributed by atoms with E-state index in [2.05, 4.69) is 42.1 Å². The van der Waals surface area contributed by atoms with Gasteiger partial charge in [-0.1, -0.05) is 18.2 Å². The van der Waals surface area contributed by atoms with Crippen LogP contribution in [-0.4, -0.2) is 5.75 Å². The quantitative estimate of drug-likeness (QED) is 0.663. The van der Waals surface area contributed by atoms with Gasteiger partial charge in [-0.15, -0.1) is 11.8 Å². The first kappa shape index (κ1) is 12.3. The minimum atomic E-state index is 0.760. The van der Waals surface area contributed by atoms with E-state index in [0.29, 0.717) is 0 Å². The van der Waals surface area contributed by atoms with E-state index >= 15 is 0 Å². The molecule has 0 amide bonds. The molecule has 0 heterocycles. The molecular weight excluding hydrogens is 248 g/mol. The maximum absolute atomic E-state index is 2.25. The largest absolute Gasteiger partial charge is 0.126 e. The maximum atomic E-state index is 2.25. The average molecular weight is 272 g/mol. The summed E-state index contributed by atoms with van der Waals surface area (Å²) >= 11 is 2.07. The summed E-state index contributed by atoms with van der Waals surface area (Å²) in [4.78, 5) is 1.45. The van der Waals surface area contributed by atoms with Gasteiger partial charge < -0.3 is 0 Å². The molecule has 0 aliphatic heterocycles. The van der Waals surface area contributed by atoms with Gasteiger partial charge >= 0.3 is 0 Å². The standard InChI is InChI=1S/C18H24S/c1-2-4-17(5-3-1)19-7-6-18-11-14-8-15(12-18)10-16(9-14)13-18/h1-5,14-16H,6-13H2. The molecule has 0 N–H and O–H groups in total. The Hall–Kier alpha value is -0.430. The Morgan fingerprint density at radius 1 is 0.895 bits per heavy atom. The summed E-state index contributed by atoms with van der Waals surface area (Å²) in [5.74, 6) is 4.64.